The Hall–Kier alpha value is -2.92. The van der Waals surface area contributed by atoms with Crippen molar-refractivity contribution in [1.29, 1.82) is 0 Å². The zero-order chi connectivity index (χ0) is 25.0. The summed E-state index contributed by atoms with van der Waals surface area (Å²) in [5.74, 6) is 0.153. The summed E-state index contributed by atoms with van der Waals surface area (Å²) in [6, 6.07) is 8.39. The normalized spacial score (nSPS) is 20.9. The molecule has 2 aromatic heterocycles. The average molecular weight is 498 g/mol. The maximum atomic E-state index is 13.6. The molecule has 1 aromatic carbocycles. The van der Waals surface area contributed by atoms with E-state index in [1.165, 1.54) is 10.6 Å². The Morgan fingerprint density at radius 2 is 1.94 bits per heavy atom. The van der Waals surface area contributed by atoms with E-state index >= 15 is 0 Å². The van der Waals surface area contributed by atoms with Crippen LogP contribution < -0.4 is 4.74 Å². The first-order valence-corrected chi connectivity index (χ1v) is 13.0. The number of nitrogens with zero attached hydrogens (tertiary/aromatic N) is 5. The second kappa shape index (κ2) is 10.8. The number of benzene rings is 1. The molecule has 3 atom stereocenters. The molecule has 1 N–H and O–H groups in total. The zero-order valence-electron chi connectivity index (χ0n) is 20.2. The molecule has 4 rings (SSSR count). The third-order valence-corrected chi connectivity index (χ3v) is 8.25. The lowest BCUT2D eigenvalue weighted by atomic mass is 10.0. The predicted octanol–water partition coefficient (Wildman–Crippen LogP) is 2.44. The molecule has 3 heterocycles. The van der Waals surface area contributed by atoms with Crippen molar-refractivity contribution in [1.82, 2.24) is 24.2 Å². The van der Waals surface area contributed by atoms with Crippen LogP contribution in [-0.2, 0) is 16.6 Å². The summed E-state index contributed by atoms with van der Waals surface area (Å²) in [5.41, 5.74) is 2.60. The average Bonchev–Trinajstić information content (AvgIpc) is 2.86. The molecule has 0 radical (unpaired) electrons. The number of aromatic nitrogens is 3. The highest BCUT2D eigenvalue weighted by molar-refractivity contribution is 7.89. The van der Waals surface area contributed by atoms with E-state index in [2.05, 4.69) is 19.9 Å². The summed E-state index contributed by atoms with van der Waals surface area (Å²) in [6.07, 6.45) is 8.08. The van der Waals surface area contributed by atoms with Crippen LogP contribution in [0, 0.1) is 5.92 Å². The van der Waals surface area contributed by atoms with Crippen molar-refractivity contribution in [3.8, 4) is 16.9 Å². The number of hydrogen-bond donors (Lipinski definition) is 1. The highest BCUT2D eigenvalue weighted by Gasteiger charge is 2.38. The summed E-state index contributed by atoms with van der Waals surface area (Å²) < 4.78 is 35.1. The Morgan fingerprint density at radius 1 is 1.17 bits per heavy atom. The highest BCUT2D eigenvalue weighted by atomic mass is 32.2. The Bertz CT molecular complexity index is 1230. The molecule has 0 saturated heterocycles. The van der Waals surface area contributed by atoms with E-state index in [1.807, 2.05) is 32.3 Å². The minimum Gasteiger partial charge on any atom is -0.487 e. The molecule has 0 saturated carbocycles. The third kappa shape index (κ3) is 5.67. The van der Waals surface area contributed by atoms with Crippen LogP contribution >= 0.6 is 0 Å². The van der Waals surface area contributed by atoms with Crippen molar-refractivity contribution in [2.24, 2.45) is 5.92 Å². The molecule has 0 aliphatic carbocycles. The van der Waals surface area contributed by atoms with Crippen molar-refractivity contribution in [3.63, 3.8) is 0 Å². The van der Waals surface area contributed by atoms with Gasteiger partial charge in [-0.25, -0.2) is 18.4 Å². The molecule has 3 aromatic rings. The van der Waals surface area contributed by atoms with Gasteiger partial charge in [0.05, 0.1) is 6.61 Å². The van der Waals surface area contributed by atoms with Gasteiger partial charge in [0.1, 0.15) is 23.1 Å². The number of rotatable bonds is 7. The number of likely N-dealkylation sites (N-methyl/N-ethyl adjacent to an activating group) is 1. The molecule has 9 nitrogen and oxygen atoms in total. The number of fused-ring (bicyclic) bond motifs is 1. The van der Waals surface area contributed by atoms with E-state index in [1.54, 1.807) is 43.7 Å². The van der Waals surface area contributed by atoms with Crippen molar-refractivity contribution >= 4 is 10.0 Å². The largest absolute Gasteiger partial charge is 0.487 e. The number of pyridine rings is 1. The van der Waals surface area contributed by atoms with E-state index < -0.39 is 16.1 Å². The fraction of sp³-hybridized carbons (Fsp3) is 0.400. The molecular weight excluding hydrogens is 466 g/mol. The number of hydrogen-bond acceptors (Lipinski definition) is 8. The molecule has 1 aliphatic heterocycles. The topological polar surface area (TPSA) is 109 Å². The maximum Gasteiger partial charge on any atom is 0.247 e. The molecule has 0 fully saturated rings. The fourth-order valence-corrected chi connectivity index (χ4v) is 6.07. The smallest absolute Gasteiger partial charge is 0.247 e. The SMILES string of the molecule is C[C@H](CO)N1C[C@H](C)[C@@H](CN(C)Cc2cccnc2)Oc2cc(-c3cncnc3)ccc2S1(=O)=O. The molecule has 0 spiro atoms. The van der Waals surface area contributed by atoms with Crippen LogP contribution in [0.1, 0.15) is 19.4 Å². The van der Waals surface area contributed by atoms with Crippen molar-refractivity contribution in [2.45, 2.75) is 37.4 Å². The first kappa shape index (κ1) is 25.2. The molecular formula is C25H31N5O4S. The van der Waals surface area contributed by atoms with Gasteiger partial charge in [0.15, 0.2) is 0 Å². The second-order valence-electron chi connectivity index (χ2n) is 9.09. The van der Waals surface area contributed by atoms with E-state index in [-0.39, 0.29) is 35.8 Å². The summed E-state index contributed by atoms with van der Waals surface area (Å²) in [6.45, 7) is 4.93. The van der Waals surface area contributed by atoms with E-state index in [0.29, 0.717) is 13.1 Å². The molecule has 0 bridgehead atoms. The summed E-state index contributed by atoms with van der Waals surface area (Å²) in [7, 11) is -1.89. The van der Waals surface area contributed by atoms with Crippen LogP contribution in [0.3, 0.4) is 0 Å². The first-order chi connectivity index (χ1) is 16.8. The van der Waals surface area contributed by atoms with Crippen molar-refractivity contribution in [2.75, 3.05) is 26.7 Å². The lowest BCUT2D eigenvalue weighted by Gasteiger charge is -2.37. The van der Waals surface area contributed by atoms with E-state index in [4.69, 9.17) is 4.74 Å². The Labute approximate surface area is 206 Å². The number of aliphatic hydroxyl groups is 1. The zero-order valence-corrected chi connectivity index (χ0v) is 21.0. The van der Waals surface area contributed by atoms with Gasteiger partial charge in [0.25, 0.3) is 0 Å². The van der Waals surface area contributed by atoms with Gasteiger partial charge in [0, 0.05) is 61.9 Å². The predicted molar refractivity (Wildman–Crippen MR) is 132 cm³/mol. The third-order valence-electron chi connectivity index (χ3n) is 6.23. The highest BCUT2D eigenvalue weighted by Crippen LogP contribution is 2.36. The summed E-state index contributed by atoms with van der Waals surface area (Å²) in [5, 5.41) is 9.82. The molecule has 10 heteroatoms. The minimum absolute atomic E-state index is 0.0882. The number of sulfonamides is 1. The van der Waals surface area contributed by atoms with Crippen LogP contribution in [0.25, 0.3) is 11.1 Å². The van der Waals surface area contributed by atoms with Gasteiger partial charge < -0.3 is 9.84 Å². The van der Waals surface area contributed by atoms with E-state index in [9.17, 15) is 13.5 Å². The lowest BCUT2D eigenvalue weighted by molar-refractivity contribution is 0.0734. The Morgan fingerprint density at radius 3 is 2.63 bits per heavy atom. The maximum absolute atomic E-state index is 13.6. The van der Waals surface area contributed by atoms with Crippen LogP contribution in [0.5, 0.6) is 5.75 Å². The second-order valence-corrected chi connectivity index (χ2v) is 10.9. The molecule has 35 heavy (non-hydrogen) atoms. The summed E-state index contributed by atoms with van der Waals surface area (Å²) >= 11 is 0. The van der Waals surface area contributed by atoms with Gasteiger partial charge in [-0.3, -0.25) is 9.88 Å². The molecule has 0 unspecified atom stereocenters. The summed E-state index contributed by atoms with van der Waals surface area (Å²) in [4.78, 5) is 14.6. The van der Waals surface area contributed by atoms with E-state index in [0.717, 1.165) is 16.7 Å². The van der Waals surface area contributed by atoms with Crippen LogP contribution in [0.15, 0.2) is 66.3 Å². The Kier molecular flexibility index (Phi) is 7.75. The number of aliphatic hydroxyl groups excluding tert-OH is 1. The van der Waals surface area contributed by atoms with Gasteiger partial charge in [0.2, 0.25) is 10.0 Å². The van der Waals surface area contributed by atoms with Gasteiger partial charge >= 0.3 is 0 Å². The van der Waals surface area contributed by atoms with Gasteiger partial charge in [-0.05, 0) is 43.3 Å². The van der Waals surface area contributed by atoms with Crippen LogP contribution in [0.2, 0.25) is 0 Å². The molecule has 0 amide bonds. The van der Waals surface area contributed by atoms with Crippen LogP contribution in [-0.4, -0.2) is 76.6 Å². The van der Waals surface area contributed by atoms with Gasteiger partial charge in [-0.2, -0.15) is 4.31 Å². The number of ether oxygens (including phenoxy) is 1. The lowest BCUT2D eigenvalue weighted by Crippen LogP contribution is -2.49. The standard InChI is InChI=1S/C25H31N5O4S/c1-18-13-30(19(2)16-31)35(32,33)25-7-6-21(22-11-27-17-28-12-22)9-23(25)34-24(18)15-29(3)14-20-5-4-8-26-10-20/h4-12,17-19,24,31H,13-16H2,1-3H3/t18-,19+,24+/m0/s1. The Balaban J connectivity index is 1.72. The minimum atomic E-state index is -3.89. The fourth-order valence-electron chi connectivity index (χ4n) is 4.25. The van der Waals surface area contributed by atoms with Gasteiger partial charge in [-0.1, -0.05) is 19.1 Å². The first-order valence-electron chi connectivity index (χ1n) is 11.6. The monoisotopic (exact) mass is 497 g/mol. The molecule has 186 valence electrons. The quantitative estimate of drug-likeness (QED) is 0.530. The van der Waals surface area contributed by atoms with Crippen molar-refractivity contribution in [3.05, 3.63) is 67.0 Å². The van der Waals surface area contributed by atoms with Gasteiger partial charge in [-0.15, -0.1) is 0 Å². The van der Waals surface area contributed by atoms with Crippen molar-refractivity contribution < 1.29 is 18.3 Å². The molecule has 1 aliphatic rings. The van der Waals surface area contributed by atoms with Crippen LogP contribution in [0.4, 0.5) is 0 Å².